The lowest BCUT2D eigenvalue weighted by atomic mass is 9.65. The molecule has 170 valence electrons. The smallest absolute Gasteiger partial charge is 0.278 e. The molecule has 2 aromatic carbocycles. The number of fused-ring (bicyclic) bond motifs is 4. The fraction of sp³-hybridized carbons (Fsp3) is 0.250. The molecule has 6 rings (SSSR count). The standard InChI is InChI=1S/C24H19BClN3O4S/c25-24(15-5-1-2-7-18(15)34-13-14-4-3-6-16(26)20(14)24)29-19-12-33-11-10-27(19)23(32)21-22(31)17(30)8-9-28(21)29/h1-9,19,31H,10-13H2/t19-,24+/m1/s1. The Kier molecular flexibility index (Phi) is 4.99. The van der Waals surface area contributed by atoms with Crippen molar-refractivity contribution in [2.24, 2.45) is 0 Å². The zero-order chi connectivity index (χ0) is 23.6. The zero-order valence-corrected chi connectivity index (χ0v) is 19.6. The number of morpholine rings is 1. The maximum Gasteiger partial charge on any atom is 0.278 e. The molecular weight excluding hydrogens is 473 g/mol. The lowest BCUT2D eigenvalue weighted by Gasteiger charge is -2.56. The highest BCUT2D eigenvalue weighted by Crippen LogP contribution is 2.48. The Balaban J connectivity index is 1.73. The number of ether oxygens (including phenoxy) is 1. The Morgan fingerprint density at radius 1 is 1.15 bits per heavy atom. The number of amides is 1. The largest absolute Gasteiger partial charge is 0.502 e. The predicted molar refractivity (Wildman–Crippen MR) is 130 cm³/mol. The van der Waals surface area contributed by atoms with Gasteiger partial charge in [-0.15, -0.1) is 11.8 Å². The fourth-order valence-electron chi connectivity index (χ4n) is 5.16. The lowest BCUT2D eigenvalue weighted by molar-refractivity contribution is -0.0216. The summed E-state index contributed by atoms with van der Waals surface area (Å²) in [6, 6.07) is 14.7. The van der Waals surface area contributed by atoms with Crippen molar-refractivity contribution < 1.29 is 14.6 Å². The van der Waals surface area contributed by atoms with E-state index >= 15 is 0 Å². The summed E-state index contributed by atoms with van der Waals surface area (Å²) in [7, 11) is 7.47. The summed E-state index contributed by atoms with van der Waals surface area (Å²) in [5, 5.41) is 13.0. The number of nitrogens with zero attached hydrogens (tertiary/aromatic N) is 3. The molecule has 4 heterocycles. The summed E-state index contributed by atoms with van der Waals surface area (Å²) < 4.78 is 7.29. The topological polar surface area (TPSA) is 75.0 Å². The number of carbonyl (C=O) groups excluding carboxylic acids is 1. The van der Waals surface area contributed by atoms with Gasteiger partial charge < -0.3 is 14.7 Å². The van der Waals surface area contributed by atoms with E-state index in [9.17, 15) is 14.7 Å². The van der Waals surface area contributed by atoms with E-state index < -0.39 is 28.7 Å². The monoisotopic (exact) mass is 491 g/mol. The van der Waals surface area contributed by atoms with Gasteiger partial charge in [-0.1, -0.05) is 41.9 Å². The number of aromatic hydroxyl groups is 1. The van der Waals surface area contributed by atoms with Gasteiger partial charge in [0, 0.05) is 34.5 Å². The first-order chi connectivity index (χ1) is 16.4. The first-order valence-electron chi connectivity index (χ1n) is 10.8. The van der Waals surface area contributed by atoms with Crippen LogP contribution in [0.2, 0.25) is 5.02 Å². The van der Waals surface area contributed by atoms with Gasteiger partial charge in [0.25, 0.3) is 5.91 Å². The maximum absolute atomic E-state index is 13.4. The van der Waals surface area contributed by atoms with Crippen LogP contribution in [0.3, 0.4) is 0 Å². The average Bonchev–Trinajstić information content (AvgIpc) is 2.97. The van der Waals surface area contributed by atoms with Crippen LogP contribution in [-0.2, 0) is 15.9 Å². The molecule has 3 aromatic rings. The highest BCUT2D eigenvalue weighted by molar-refractivity contribution is 7.98. The molecule has 10 heteroatoms. The molecule has 0 unspecified atom stereocenters. The van der Waals surface area contributed by atoms with Gasteiger partial charge in [0.15, 0.2) is 11.4 Å². The van der Waals surface area contributed by atoms with Gasteiger partial charge in [-0.3, -0.25) is 19.3 Å². The lowest BCUT2D eigenvalue weighted by Crippen LogP contribution is -2.71. The number of hydrogen-bond donors (Lipinski definition) is 1. The van der Waals surface area contributed by atoms with Gasteiger partial charge in [0.1, 0.15) is 14.0 Å². The fourth-order valence-corrected chi connectivity index (χ4v) is 6.61. The van der Waals surface area contributed by atoms with E-state index in [1.807, 2.05) is 41.4 Å². The maximum atomic E-state index is 13.4. The summed E-state index contributed by atoms with van der Waals surface area (Å²) in [5.74, 6) is -0.396. The first kappa shape index (κ1) is 21.6. The molecule has 0 aliphatic carbocycles. The van der Waals surface area contributed by atoms with Crippen molar-refractivity contribution in [3.63, 3.8) is 0 Å². The van der Waals surface area contributed by atoms with E-state index in [4.69, 9.17) is 24.2 Å². The van der Waals surface area contributed by atoms with E-state index in [1.165, 1.54) is 16.9 Å². The third-order valence-electron chi connectivity index (χ3n) is 6.66. The van der Waals surface area contributed by atoms with Crippen molar-refractivity contribution in [3.05, 3.63) is 92.4 Å². The molecule has 34 heavy (non-hydrogen) atoms. The minimum absolute atomic E-state index is 0.126. The zero-order valence-electron chi connectivity index (χ0n) is 18.0. The molecule has 3 aliphatic rings. The third-order valence-corrected chi connectivity index (χ3v) is 8.10. The van der Waals surface area contributed by atoms with Crippen LogP contribution in [-0.4, -0.2) is 54.4 Å². The van der Waals surface area contributed by atoms with Crippen LogP contribution < -0.4 is 10.4 Å². The third kappa shape index (κ3) is 2.90. The summed E-state index contributed by atoms with van der Waals surface area (Å²) in [5.41, 5.74) is 0.358. The van der Waals surface area contributed by atoms with Crippen LogP contribution in [0, 0.1) is 0 Å². The number of pyridine rings is 1. The Morgan fingerprint density at radius 2 is 1.97 bits per heavy atom. The Bertz CT molecular complexity index is 1400. The number of carbonyl (C=O) groups is 1. The van der Waals surface area contributed by atoms with Gasteiger partial charge in [-0.2, -0.15) is 0 Å². The number of benzene rings is 2. The van der Waals surface area contributed by atoms with E-state index in [-0.39, 0.29) is 12.3 Å². The summed E-state index contributed by atoms with van der Waals surface area (Å²) in [6.07, 6.45) is 0.883. The number of halogens is 1. The van der Waals surface area contributed by atoms with Crippen molar-refractivity contribution in [1.29, 1.82) is 0 Å². The van der Waals surface area contributed by atoms with Crippen molar-refractivity contribution in [3.8, 4) is 5.75 Å². The van der Waals surface area contributed by atoms with Crippen molar-refractivity contribution in [1.82, 2.24) is 9.58 Å². The Morgan fingerprint density at radius 3 is 2.82 bits per heavy atom. The molecule has 1 fully saturated rings. The van der Waals surface area contributed by atoms with Crippen LogP contribution in [0.4, 0.5) is 0 Å². The van der Waals surface area contributed by atoms with Gasteiger partial charge in [-0.25, -0.2) is 0 Å². The molecular formula is C24H19BClN3O4S. The van der Waals surface area contributed by atoms with Crippen molar-refractivity contribution >= 4 is 37.1 Å². The first-order valence-corrected chi connectivity index (χ1v) is 12.2. The van der Waals surface area contributed by atoms with E-state index in [0.29, 0.717) is 29.5 Å². The number of rotatable bonds is 1. The molecule has 1 amide bonds. The molecule has 1 aromatic heterocycles. The second-order valence-corrected chi connectivity index (χ2v) is 9.87. The predicted octanol–water partition coefficient (Wildman–Crippen LogP) is 2.63. The van der Waals surface area contributed by atoms with E-state index in [1.54, 1.807) is 22.7 Å². The molecule has 2 radical (unpaired) electrons. The van der Waals surface area contributed by atoms with E-state index in [0.717, 1.165) is 16.0 Å². The molecule has 0 bridgehead atoms. The Labute approximate surface area is 206 Å². The van der Waals surface area contributed by atoms with Crippen LogP contribution in [0.5, 0.6) is 5.75 Å². The molecule has 0 spiro atoms. The Hall–Kier alpha value is -2.88. The van der Waals surface area contributed by atoms with Crippen LogP contribution in [0.1, 0.15) is 27.2 Å². The number of thioether (sulfide) groups is 1. The summed E-state index contributed by atoms with van der Waals surface area (Å²) in [6.45, 7) is 0.839. The van der Waals surface area contributed by atoms with Gasteiger partial charge in [0.2, 0.25) is 5.43 Å². The second kappa shape index (κ2) is 7.83. The van der Waals surface area contributed by atoms with Gasteiger partial charge in [0.05, 0.1) is 18.7 Å². The summed E-state index contributed by atoms with van der Waals surface area (Å²) in [4.78, 5) is 28.3. The van der Waals surface area contributed by atoms with Crippen molar-refractivity contribution in [2.45, 2.75) is 22.3 Å². The highest BCUT2D eigenvalue weighted by atomic mass is 35.5. The van der Waals surface area contributed by atoms with Gasteiger partial charge in [-0.05, 0) is 28.8 Å². The average molecular weight is 492 g/mol. The summed E-state index contributed by atoms with van der Waals surface area (Å²) >= 11 is 8.49. The molecule has 2 atom stereocenters. The quantitative estimate of drug-likeness (QED) is 0.528. The highest BCUT2D eigenvalue weighted by Gasteiger charge is 2.51. The number of hydrogen-bond acceptors (Lipinski definition) is 6. The molecule has 0 saturated carbocycles. The van der Waals surface area contributed by atoms with Crippen LogP contribution >= 0.6 is 23.4 Å². The van der Waals surface area contributed by atoms with Gasteiger partial charge >= 0.3 is 0 Å². The van der Waals surface area contributed by atoms with Crippen molar-refractivity contribution in [2.75, 3.05) is 24.8 Å². The van der Waals surface area contributed by atoms with E-state index in [2.05, 4.69) is 0 Å². The SMILES string of the molecule is [B][C@]1(N2[C@@H]3COCCN3C(=O)c3c(O)c(=O)ccn32)c2ccccc2SCc2cccc(Cl)c21. The molecule has 1 N–H and O–H groups in total. The minimum atomic E-state index is -1.35. The molecule has 7 nitrogen and oxygen atoms in total. The van der Waals surface area contributed by atoms with Crippen LogP contribution in [0.15, 0.2) is 64.4 Å². The second-order valence-electron chi connectivity index (χ2n) is 8.45. The van der Waals surface area contributed by atoms with Crippen LogP contribution in [0.25, 0.3) is 0 Å². The number of aromatic nitrogens is 1. The minimum Gasteiger partial charge on any atom is -0.502 e. The normalized spacial score (nSPS) is 23.4. The molecule has 3 aliphatic heterocycles. The molecule has 1 saturated heterocycles.